The summed E-state index contributed by atoms with van der Waals surface area (Å²) in [7, 11) is 0. The number of ether oxygens (including phenoxy) is 1. The molecule has 1 fully saturated rings. The predicted octanol–water partition coefficient (Wildman–Crippen LogP) is 6.04. The van der Waals surface area contributed by atoms with E-state index >= 15 is 0 Å². The average molecular weight is 561 g/mol. The van der Waals surface area contributed by atoms with Crippen molar-refractivity contribution in [3.8, 4) is 17.0 Å². The van der Waals surface area contributed by atoms with Crippen molar-refractivity contribution in [2.75, 3.05) is 24.5 Å². The molecule has 11 heteroatoms. The summed E-state index contributed by atoms with van der Waals surface area (Å²) in [5, 5.41) is 10.8. The number of rotatable bonds is 5. The van der Waals surface area contributed by atoms with Crippen LogP contribution in [0.25, 0.3) is 22.0 Å². The molecule has 0 radical (unpaired) electrons. The molecule has 0 N–H and O–H groups in total. The van der Waals surface area contributed by atoms with E-state index < -0.39 is 6.36 Å². The lowest BCUT2D eigenvalue weighted by molar-refractivity contribution is -0.274. The van der Waals surface area contributed by atoms with Gasteiger partial charge in [-0.25, -0.2) is 4.39 Å². The molecule has 1 amide bonds. The minimum Gasteiger partial charge on any atom is -0.406 e. The van der Waals surface area contributed by atoms with Crippen molar-refractivity contribution >= 4 is 34.9 Å². The number of amides is 1. The van der Waals surface area contributed by atoms with E-state index in [-0.39, 0.29) is 42.3 Å². The second kappa shape index (κ2) is 11.4. The Morgan fingerprint density at radius 2 is 1.62 bits per heavy atom. The number of carbonyl (C=O) groups excluding carboxylic acids is 1. The number of hydrogen-bond acceptors (Lipinski definition) is 5. The first kappa shape index (κ1) is 28.1. The molecule has 1 saturated heterocycles. The lowest BCUT2D eigenvalue weighted by atomic mass is 10.0. The minimum atomic E-state index is -4.76. The third-order valence-electron chi connectivity index (χ3n) is 6.55. The number of carbonyl (C=O) groups is 1. The summed E-state index contributed by atoms with van der Waals surface area (Å²) in [6.45, 7) is 3.50. The standard InChI is InChI=1S/C28H24F4N4O2.ClH/c1-18-17-35(14-15-36(18)25(37)16-19-6-12-22(13-7-19)38-28(30,31)32)27-24-5-3-2-4-23(24)26(33-34-27)20-8-10-21(29)11-9-20;/h2-13,18H,14-17H2,1H3;1H. The average Bonchev–Trinajstić information content (AvgIpc) is 2.89. The molecule has 0 aliphatic carbocycles. The summed E-state index contributed by atoms with van der Waals surface area (Å²) in [5.74, 6) is -0.0408. The van der Waals surface area contributed by atoms with Crippen LogP contribution in [0.3, 0.4) is 0 Å². The van der Waals surface area contributed by atoms with Crippen molar-refractivity contribution < 1.29 is 27.1 Å². The number of benzene rings is 3. The van der Waals surface area contributed by atoms with E-state index in [1.807, 2.05) is 31.2 Å². The Hall–Kier alpha value is -3.92. The van der Waals surface area contributed by atoms with Crippen LogP contribution in [0.2, 0.25) is 0 Å². The lowest BCUT2D eigenvalue weighted by Crippen LogP contribution is -2.54. The maximum Gasteiger partial charge on any atom is 0.573 e. The first-order valence-corrected chi connectivity index (χ1v) is 12.1. The molecule has 2 heterocycles. The molecule has 1 atom stereocenters. The summed E-state index contributed by atoms with van der Waals surface area (Å²) in [4.78, 5) is 16.9. The number of halogens is 5. The van der Waals surface area contributed by atoms with Crippen LogP contribution in [0, 0.1) is 5.82 Å². The molecule has 3 aromatic carbocycles. The molecule has 39 heavy (non-hydrogen) atoms. The molecule has 0 saturated carbocycles. The van der Waals surface area contributed by atoms with Gasteiger partial charge in [-0.15, -0.1) is 35.8 Å². The zero-order chi connectivity index (χ0) is 26.9. The van der Waals surface area contributed by atoms with E-state index in [4.69, 9.17) is 0 Å². The summed E-state index contributed by atoms with van der Waals surface area (Å²) >= 11 is 0. The highest BCUT2D eigenvalue weighted by atomic mass is 35.5. The van der Waals surface area contributed by atoms with Crippen LogP contribution in [0.15, 0.2) is 72.8 Å². The van der Waals surface area contributed by atoms with E-state index in [0.717, 1.165) is 16.3 Å². The van der Waals surface area contributed by atoms with Gasteiger partial charge in [0.25, 0.3) is 0 Å². The van der Waals surface area contributed by atoms with Gasteiger partial charge in [0.15, 0.2) is 5.82 Å². The fourth-order valence-corrected chi connectivity index (χ4v) is 4.75. The third kappa shape index (κ3) is 6.39. The summed E-state index contributed by atoms with van der Waals surface area (Å²) < 4.78 is 54.5. The summed E-state index contributed by atoms with van der Waals surface area (Å²) in [6, 6.07) is 19.1. The topological polar surface area (TPSA) is 58.6 Å². The van der Waals surface area contributed by atoms with Crippen LogP contribution in [0.1, 0.15) is 12.5 Å². The molecule has 0 spiro atoms. The normalized spacial score (nSPS) is 15.7. The van der Waals surface area contributed by atoms with Crippen molar-refractivity contribution in [2.45, 2.75) is 25.7 Å². The van der Waals surface area contributed by atoms with Gasteiger partial charge in [0.05, 0.1) is 6.42 Å². The number of piperazine rings is 1. The number of nitrogens with zero attached hydrogens (tertiary/aromatic N) is 4. The molecule has 5 rings (SSSR count). The Morgan fingerprint density at radius 3 is 2.26 bits per heavy atom. The van der Waals surface area contributed by atoms with Gasteiger partial charge in [-0.05, 0) is 48.9 Å². The molecule has 0 bridgehead atoms. The maximum absolute atomic E-state index is 13.4. The zero-order valence-electron chi connectivity index (χ0n) is 20.9. The lowest BCUT2D eigenvalue weighted by Gasteiger charge is -2.40. The van der Waals surface area contributed by atoms with Gasteiger partial charge in [-0.1, -0.05) is 36.4 Å². The quantitative estimate of drug-likeness (QED) is 0.279. The van der Waals surface area contributed by atoms with Crippen LogP contribution in [-0.4, -0.2) is 53.0 Å². The van der Waals surface area contributed by atoms with Gasteiger partial charge < -0.3 is 14.5 Å². The van der Waals surface area contributed by atoms with Gasteiger partial charge in [-0.2, -0.15) is 0 Å². The van der Waals surface area contributed by atoms with E-state index in [1.165, 1.54) is 36.4 Å². The molecular formula is C28H25ClF4N4O2. The third-order valence-corrected chi connectivity index (χ3v) is 6.55. The van der Waals surface area contributed by atoms with Crippen molar-refractivity contribution in [1.29, 1.82) is 0 Å². The smallest absolute Gasteiger partial charge is 0.406 e. The minimum absolute atomic E-state index is 0. The van der Waals surface area contributed by atoms with Crippen molar-refractivity contribution in [2.24, 2.45) is 0 Å². The first-order chi connectivity index (χ1) is 18.2. The van der Waals surface area contributed by atoms with Gasteiger partial charge in [0.1, 0.15) is 17.3 Å². The second-order valence-electron chi connectivity index (χ2n) is 9.18. The largest absolute Gasteiger partial charge is 0.573 e. The molecule has 1 aromatic heterocycles. The maximum atomic E-state index is 13.4. The van der Waals surface area contributed by atoms with E-state index in [2.05, 4.69) is 19.8 Å². The van der Waals surface area contributed by atoms with E-state index in [1.54, 1.807) is 17.0 Å². The highest BCUT2D eigenvalue weighted by Crippen LogP contribution is 2.32. The number of hydrogen-bond donors (Lipinski definition) is 0. The van der Waals surface area contributed by atoms with E-state index in [0.29, 0.717) is 36.7 Å². The number of alkyl halides is 3. The van der Waals surface area contributed by atoms with Crippen LogP contribution in [-0.2, 0) is 11.2 Å². The Kier molecular flexibility index (Phi) is 8.25. The van der Waals surface area contributed by atoms with Crippen molar-refractivity contribution in [3.63, 3.8) is 0 Å². The predicted molar refractivity (Wildman–Crippen MR) is 142 cm³/mol. The highest BCUT2D eigenvalue weighted by Gasteiger charge is 2.31. The highest BCUT2D eigenvalue weighted by molar-refractivity contribution is 6.00. The van der Waals surface area contributed by atoms with Gasteiger partial charge in [0.2, 0.25) is 5.91 Å². The Morgan fingerprint density at radius 1 is 0.949 bits per heavy atom. The number of fused-ring (bicyclic) bond motifs is 1. The first-order valence-electron chi connectivity index (χ1n) is 12.1. The summed E-state index contributed by atoms with van der Waals surface area (Å²) in [5.41, 5.74) is 2.04. The van der Waals surface area contributed by atoms with Crippen LogP contribution >= 0.6 is 12.4 Å². The van der Waals surface area contributed by atoms with Gasteiger partial charge >= 0.3 is 6.36 Å². The molecule has 204 valence electrons. The Bertz CT molecular complexity index is 1450. The molecule has 4 aromatic rings. The molecule has 6 nitrogen and oxygen atoms in total. The SMILES string of the molecule is CC1CN(c2nnc(-c3ccc(F)cc3)c3ccccc23)CCN1C(=O)Cc1ccc(OC(F)(F)F)cc1.Cl. The number of aromatic nitrogens is 2. The van der Waals surface area contributed by atoms with E-state index in [9.17, 15) is 22.4 Å². The van der Waals surface area contributed by atoms with Crippen molar-refractivity contribution in [1.82, 2.24) is 15.1 Å². The van der Waals surface area contributed by atoms with Crippen LogP contribution in [0.5, 0.6) is 5.75 Å². The zero-order valence-corrected chi connectivity index (χ0v) is 21.7. The van der Waals surface area contributed by atoms with Gasteiger partial charge in [-0.3, -0.25) is 4.79 Å². The molecular weight excluding hydrogens is 536 g/mol. The Labute approximate surface area is 228 Å². The molecule has 1 aliphatic heterocycles. The Balaban J connectivity index is 0.00000353. The fourth-order valence-electron chi connectivity index (χ4n) is 4.75. The fraction of sp³-hybridized carbons (Fsp3) is 0.250. The van der Waals surface area contributed by atoms with Crippen LogP contribution in [0.4, 0.5) is 23.4 Å². The van der Waals surface area contributed by atoms with Gasteiger partial charge in [0, 0.05) is 42.0 Å². The molecule has 1 aliphatic rings. The van der Waals surface area contributed by atoms with Crippen LogP contribution < -0.4 is 9.64 Å². The molecule has 1 unspecified atom stereocenters. The second-order valence-corrected chi connectivity index (χ2v) is 9.18. The number of anilines is 1. The monoisotopic (exact) mass is 560 g/mol. The van der Waals surface area contributed by atoms with Crippen molar-refractivity contribution in [3.05, 3.63) is 84.2 Å². The summed E-state index contributed by atoms with van der Waals surface area (Å²) in [6.07, 6.45) is -4.69.